The average molecular weight is 683 g/mol. The molecule has 4 amide bonds. The van der Waals surface area contributed by atoms with E-state index in [1.54, 1.807) is 23.1 Å². The molecule has 1 N–H and O–H groups in total. The number of amides is 4. The lowest BCUT2D eigenvalue weighted by Crippen LogP contribution is -2.48. The molecule has 246 valence electrons. The lowest BCUT2D eigenvalue weighted by Gasteiger charge is -2.34. The van der Waals surface area contributed by atoms with Crippen LogP contribution in [-0.2, 0) is 21.9 Å². The summed E-state index contributed by atoms with van der Waals surface area (Å²) in [6.45, 7) is 0.0870. The molecule has 8 nitrogen and oxygen atoms in total. The van der Waals surface area contributed by atoms with E-state index in [2.05, 4.69) is 0 Å². The summed E-state index contributed by atoms with van der Waals surface area (Å²) in [6, 6.07) is 4.07. The molecule has 2 aromatic carbocycles. The minimum Gasteiger partial charge on any atom is -0.387 e. The van der Waals surface area contributed by atoms with Gasteiger partial charge in [-0.25, -0.2) is 4.79 Å². The van der Waals surface area contributed by atoms with Gasteiger partial charge in [-0.3, -0.25) is 14.5 Å². The molecular weight excluding hydrogens is 653 g/mol. The van der Waals surface area contributed by atoms with Crippen molar-refractivity contribution in [3.8, 4) is 0 Å². The number of hydrogen-bond donors (Lipinski definition) is 1. The third-order valence-electron chi connectivity index (χ3n) is 8.35. The highest BCUT2D eigenvalue weighted by atomic mass is 35.5. The molecule has 0 aliphatic carbocycles. The Morgan fingerprint density at radius 1 is 0.867 bits per heavy atom. The minimum atomic E-state index is -5.10. The fourth-order valence-electron chi connectivity index (χ4n) is 5.78. The number of carbonyl (C=O) groups is 3. The topological polar surface area (TPSA) is 84.4 Å². The lowest BCUT2D eigenvalue weighted by molar-refractivity contribution is -0.143. The second-order valence-electron chi connectivity index (χ2n) is 11.1. The molecule has 16 heteroatoms. The number of halogens is 8. The smallest absolute Gasteiger partial charge is 0.387 e. The molecule has 2 aromatic rings. The van der Waals surface area contributed by atoms with Crippen LogP contribution in [0.25, 0.3) is 0 Å². The van der Waals surface area contributed by atoms with Gasteiger partial charge in [-0.15, -0.1) is 0 Å². The van der Waals surface area contributed by atoms with E-state index in [1.807, 2.05) is 0 Å². The Hall–Kier alpha value is -3.23. The standard InChI is InChI=1S/C29H30Cl2F6N4O4/c1-38(20-11-18(28(32,33)34)10-19(12-20)29(35,36)37)27(45)39(2)24-14-41(13-21(24)17-3-4-22(30)23(31)9-17)26(44)16-5-7-40(8-6-16)25(43)15-42/h3-4,9-12,16,21,24,42H,5-8,13-15H2,1-2H3/t21-,24+/m0/s1. The number of likely N-dealkylation sites (tertiary alicyclic amines) is 2. The summed E-state index contributed by atoms with van der Waals surface area (Å²) < 4.78 is 80.9. The van der Waals surface area contributed by atoms with Crippen molar-refractivity contribution in [1.82, 2.24) is 14.7 Å². The Labute approximate surface area is 265 Å². The molecule has 2 heterocycles. The molecule has 2 aliphatic rings. The first-order valence-corrected chi connectivity index (χ1v) is 14.6. The fraction of sp³-hybridized carbons (Fsp3) is 0.483. The average Bonchev–Trinajstić information content (AvgIpc) is 3.45. The maximum absolute atomic E-state index is 13.6. The van der Waals surface area contributed by atoms with Gasteiger partial charge in [0.15, 0.2) is 0 Å². The van der Waals surface area contributed by atoms with Crippen LogP contribution in [-0.4, -0.2) is 90.6 Å². The molecule has 2 fully saturated rings. The molecular formula is C29H30Cl2F6N4O4. The van der Waals surface area contributed by atoms with E-state index in [0.29, 0.717) is 35.4 Å². The van der Waals surface area contributed by atoms with Crippen LogP contribution in [0.1, 0.15) is 35.4 Å². The number of nitrogens with zero attached hydrogens (tertiary/aromatic N) is 4. The van der Waals surface area contributed by atoms with Crippen molar-refractivity contribution in [3.05, 3.63) is 63.1 Å². The van der Waals surface area contributed by atoms with E-state index in [0.717, 1.165) is 7.05 Å². The summed E-state index contributed by atoms with van der Waals surface area (Å²) >= 11 is 12.3. The van der Waals surface area contributed by atoms with Crippen LogP contribution in [0.3, 0.4) is 0 Å². The largest absolute Gasteiger partial charge is 0.416 e. The van der Waals surface area contributed by atoms with Crippen molar-refractivity contribution in [3.63, 3.8) is 0 Å². The molecule has 2 aliphatic heterocycles. The maximum atomic E-state index is 13.6. The van der Waals surface area contributed by atoms with Crippen LogP contribution in [0, 0.1) is 5.92 Å². The molecule has 45 heavy (non-hydrogen) atoms. The zero-order valence-electron chi connectivity index (χ0n) is 24.1. The normalized spacial score (nSPS) is 19.5. The number of piperidine rings is 1. The number of anilines is 1. The van der Waals surface area contributed by atoms with Crippen molar-refractivity contribution in [2.45, 2.75) is 37.2 Å². The van der Waals surface area contributed by atoms with Gasteiger partial charge in [0.2, 0.25) is 11.8 Å². The number of carbonyl (C=O) groups excluding carboxylic acids is 3. The van der Waals surface area contributed by atoms with Gasteiger partial charge in [-0.2, -0.15) is 26.3 Å². The molecule has 2 saturated heterocycles. The summed E-state index contributed by atoms with van der Waals surface area (Å²) in [5.74, 6) is -1.63. The van der Waals surface area contributed by atoms with Crippen molar-refractivity contribution in [1.29, 1.82) is 0 Å². The fourth-order valence-corrected chi connectivity index (χ4v) is 6.09. The summed E-state index contributed by atoms with van der Waals surface area (Å²) in [4.78, 5) is 44.0. The summed E-state index contributed by atoms with van der Waals surface area (Å²) in [6.07, 6.45) is -9.48. The maximum Gasteiger partial charge on any atom is 0.416 e. The van der Waals surface area contributed by atoms with E-state index in [-0.39, 0.29) is 48.2 Å². The highest BCUT2D eigenvalue weighted by Gasteiger charge is 2.43. The van der Waals surface area contributed by atoms with Crippen LogP contribution in [0.15, 0.2) is 36.4 Å². The third kappa shape index (κ3) is 7.60. The van der Waals surface area contributed by atoms with Gasteiger partial charge in [0.25, 0.3) is 0 Å². The van der Waals surface area contributed by atoms with E-state index in [9.17, 15) is 40.7 Å². The van der Waals surface area contributed by atoms with Crippen LogP contribution in [0.4, 0.5) is 36.8 Å². The Morgan fingerprint density at radius 2 is 1.44 bits per heavy atom. The first-order valence-electron chi connectivity index (χ1n) is 13.8. The van der Waals surface area contributed by atoms with Crippen LogP contribution in [0.2, 0.25) is 10.0 Å². The van der Waals surface area contributed by atoms with Crippen LogP contribution >= 0.6 is 23.2 Å². The first-order chi connectivity index (χ1) is 20.9. The number of likely N-dealkylation sites (N-methyl/N-ethyl adjacent to an activating group) is 1. The monoisotopic (exact) mass is 682 g/mol. The SMILES string of the molecule is CN(C(=O)N(C)[C@@H]1CN(C(=O)C2CCN(C(=O)CO)CC2)C[C@H]1c1ccc(Cl)c(Cl)c1)c1cc(C(F)(F)F)cc(C(F)(F)F)c1. The summed E-state index contributed by atoms with van der Waals surface area (Å²) in [5.41, 5.74) is -3.12. The Bertz CT molecular complexity index is 1420. The Kier molecular flexibility index (Phi) is 10.2. The lowest BCUT2D eigenvalue weighted by atomic mass is 9.93. The second-order valence-corrected chi connectivity index (χ2v) is 11.9. The first kappa shape index (κ1) is 34.6. The molecule has 0 bridgehead atoms. The number of alkyl halides is 6. The number of rotatable bonds is 5. The Morgan fingerprint density at radius 3 is 1.96 bits per heavy atom. The highest BCUT2D eigenvalue weighted by molar-refractivity contribution is 6.42. The van der Waals surface area contributed by atoms with E-state index >= 15 is 0 Å². The van der Waals surface area contributed by atoms with E-state index in [4.69, 9.17) is 28.3 Å². The van der Waals surface area contributed by atoms with Crippen LogP contribution in [0.5, 0.6) is 0 Å². The van der Waals surface area contributed by atoms with Gasteiger partial charge >= 0.3 is 18.4 Å². The highest BCUT2D eigenvalue weighted by Crippen LogP contribution is 2.40. The zero-order chi connectivity index (χ0) is 33.4. The molecule has 0 spiro atoms. The van der Waals surface area contributed by atoms with Crippen molar-refractivity contribution >= 4 is 46.7 Å². The molecule has 0 radical (unpaired) electrons. The number of aliphatic hydroxyl groups is 1. The quantitative estimate of drug-likeness (QED) is 0.408. The van der Waals surface area contributed by atoms with E-state index < -0.39 is 65.6 Å². The zero-order valence-corrected chi connectivity index (χ0v) is 25.6. The third-order valence-corrected chi connectivity index (χ3v) is 9.09. The van der Waals surface area contributed by atoms with Gasteiger partial charge in [-0.05, 0) is 48.7 Å². The van der Waals surface area contributed by atoms with Crippen molar-refractivity contribution < 1.29 is 45.8 Å². The summed E-state index contributed by atoms with van der Waals surface area (Å²) in [5, 5.41) is 9.61. The number of hydrogen-bond acceptors (Lipinski definition) is 4. The number of aliphatic hydroxyl groups excluding tert-OH is 1. The number of benzene rings is 2. The molecule has 0 unspecified atom stereocenters. The van der Waals surface area contributed by atoms with Crippen LogP contribution < -0.4 is 4.90 Å². The summed E-state index contributed by atoms with van der Waals surface area (Å²) in [7, 11) is 2.43. The Balaban J connectivity index is 1.62. The molecule has 4 rings (SSSR count). The molecule has 0 aromatic heterocycles. The molecule has 0 saturated carbocycles. The molecule has 2 atom stereocenters. The van der Waals surface area contributed by atoms with Gasteiger partial charge in [0.05, 0.1) is 27.2 Å². The van der Waals surface area contributed by atoms with E-state index in [1.165, 1.54) is 16.8 Å². The van der Waals surface area contributed by atoms with Gasteiger partial charge in [-0.1, -0.05) is 29.3 Å². The van der Waals surface area contributed by atoms with Crippen molar-refractivity contribution in [2.75, 3.05) is 51.8 Å². The van der Waals surface area contributed by atoms with Gasteiger partial charge in [0, 0.05) is 57.8 Å². The van der Waals surface area contributed by atoms with Gasteiger partial charge < -0.3 is 19.8 Å². The van der Waals surface area contributed by atoms with Crippen molar-refractivity contribution in [2.24, 2.45) is 5.92 Å². The minimum absolute atomic E-state index is 0.0174. The number of urea groups is 1. The predicted molar refractivity (Wildman–Crippen MR) is 154 cm³/mol. The second kappa shape index (κ2) is 13.2. The van der Waals surface area contributed by atoms with Gasteiger partial charge in [0.1, 0.15) is 6.61 Å². The predicted octanol–water partition coefficient (Wildman–Crippen LogP) is 5.74.